The lowest BCUT2D eigenvalue weighted by Gasteiger charge is -2.16. The second-order valence-electron chi connectivity index (χ2n) is 7.13. The van der Waals surface area contributed by atoms with Crippen molar-refractivity contribution < 1.29 is 18.3 Å². The van der Waals surface area contributed by atoms with Crippen LogP contribution in [0.1, 0.15) is 32.5 Å². The summed E-state index contributed by atoms with van der Waals surface area (Å²) in [4.78, 5) is 31.7. The van der Waals surface area contributed by atoms with Gasteiger partial charge >= 0.3 is 5.92 Å². The lowest BCUT2D eigenvalue weighted by atomic mass is 10.1. The average Bonchev–Trinajstić information content (AvgIpc) is 3.51. The number of pyridine rings is 1. The van der Waals surface area contributed by atoms with Crippen LogP contribution in [0.2, 0.25) is 0 Å². The first-order valence-corrected chi connectivity index (χ1v) is 9.53. The fourth-order valence-electron chi connectivity index (χ4n) is 2.69. The van der Waals surface area contributed by atoms with Crippen molar-refractivity contribution in [1.82, 2.24) is 24.9 Å². The number of rotatable bonds is 7. The third kappa shape index (κ3) is 5.24. The van der Waals surface area contributed by atoms with Gasteiger partial charge in [-0.2, -0.15) is 13.8 Å². The molecule has 2 N–H and O–H groups in total. The maximum Gasteiger partial charge on any atom is 0.304 e. The van der Waals surface area contributed by atoms with Gasteiger partial charge in [-0.15, -0.1) is 0 Å². The zero-order valence-electron chi connectivity index (χ0n) is 16.8. The molecule has 0 spiro atoms. The zero-order valence-corrected chi connectivity index (χ0v) is 16.8. The molecule has 0 aliphatic heterocycles. The third-order valence-electron chi connectivity index (χ3n) is 4.22. The Hall–Kier alpha value is -3.76. The summed E-state index contributed by atoms with van der Waals surface area (Å²) in [6.45, 7) is 2.08. The number of nitrogens with one attached hydrogen (secondary N) is 2. The van der Waals surface area contributed by atoms with Gasteiger partial charge in [-0.05, 0) is 12.8 Å². The molecule has 1 aliphatic carbocycles. The molecule has 1 aliphatic rings. The van der Waals surface area contributed by atoms with Crippen molar-refractivity contribution in [3.8, 4) is 17.1 Å². The number of carbonyl (C=O) groups excluding carboxylic acids is 1. The molecule has 0 radical (unpaired) electrons. The lowest BCUT2D eigenvalue weighted by Crippen LogP contribution is -2.15. The summed E-state index contributed by atoms with van der Waals surface area (Å²) in [6.07, 6.45) is 7.75. The number of anilines is 3. The maximum atomic E-state index is 14.0. The minimum absolute atomic E-state index is 0.0245. The minimum Gasteiger partial charge on any atom is -0.474 e. The molecule has 160 valence electrons. The second kappa shape index (κ2) is 8.17. The number of ether oxygens (including phenoxy) is 1. The van der Waals surface area contributed by atoms with Gasteiger partial charge in [0.05, 0.1) is 17.6 Å². The molecule has 11 heteroatoms. The van der Waals surface area contributed by atoms with Crippen molar-refractivity contribution in [3.63, 3.8) is 0 Å². The molecule has 0 bridgehead atoms. The van der Waals surface area contributed by atoms with Crippen LogP contribution in [0.5, 0.6) is 5.88 Å². The number of aromatic nitrogens is 5. The summed E-state index contributed by atoms with van der Waals surface area (Å²) in [5.74, 6) is -3.79. The van der Waals surface area contributed by atoms with E-state index in [1.165, 1.54) is 37.8 Å². The highest BCUT2D eigenvalue weighted by atomic mass is 19.3. The number of carbonyl (C=O) groups is 1. The molecule has 4 rings (SSSR count). The van der Waals surface area contributed by atoms with Gasteiger partial charge < -0.3 is 15.4 Å². The molecule has 1 amide bonds. The van der Waals surface area contributed by atoms with E-state index < -0.39 is 11.7 Å². The standard InChI is InChI=1S/C20H19F2N7O2/c1-11(30)26-16-7-14(13(9-25-16)15-10-23-5-6-24-15)27-17-8-18(31-12-3-4-12)29-19(28-17)20(2,21)22/h5-10,12H,3-4H2,1-2H3,(H2,25,26,27,28,29,30). The minimum atomic E-state index is -3.26. The number of hydrogen-bond donors (Lipinski definition) is 2. The van der Waals surface area contributed by atoms with Crippen LogP contribution in [-0.4, -0.2) is 36.9 Å². The van der Waals surface area contributed by atoms with Gasteiger partial charge in [-0.3, -0.25) is 14.8 Å². The van der Waals surface area contributed by atoms with E-state index >= 15 is 0 Å². The topological polar surface area (TPSA) is 115 Å². The molecule has 3 heterocycles. The maximum absolute atomic E-state index is 14.0. The van der Waals surface area contributed by atoms with Gasteiger partial charge in [-0.25, -0.2) is 9.97 Å². The van der Waals surface area contributed by atoms with Crippen LogP contribution >= 0.6 is 0 Å². The summed E-state index contributed by atoms with van der Waals surface area (Å²) >= 11 is 0. The van der Waals surface area contributed by atoms with E-state index in [2.05, 4.69) is 35.6 Å². The third-order valence-corrected chi connectivity index (χ3v) is 4.22. The largest absolute Gasteiger partial charge is 0.474 e. The Bertz CT molecular complexity index is 1100. The summed E-state index contributed by atoms with van der Waals surface area (Å²) in [5, 5.41) is 5.60. The first-order chi connectivity index (χ1) is 14.8. The predicted molar refractivity (Wildman–Crippen MR) is 108 cm³/mol. The number of nitrogens with zero attached hydrogens (tertiary/aromatic N) is 5. The van der Waals surface area contributed by atoms with E-state index in [4.69, 9.17) is 4.74 Å². The van der Waals surface area contributed by atoms with Crippen molar-refractivity contribution in [1.29, 1.82) is 0 Å². The molecule has 1 saturated carbocycles. The molecule has 31 heavy (non-hydrogen) atoms. The van der Waals surface area contributed by atoms with E-state index in [1.54, 1.807) is 6.07 Å². The van der Waals surface area contributed by atoms with E-state index in [0.717, 1.165) is 19.8 Å². The first kappa shape index (κ1) is 20.5. The number of halogens is 2. The Morgan fingerprint density at radius 2 is 1.94 bits per heavy atom. The molecule has 0 atom stereocenters. The molecule has 0 aromatic carbocycles. The zero-order chi connectivity index (χ0) is 22.0. The number of alkyl halides is 2. The Morgan fingerprint density at radius 1 is 1.13 bits per heavy atom. The molecular weight excluding hydrogens is 408 g/mol. The van der Waals surface area contributed by atoms with Gasteiger partial charge in [0.15, 0.2) is 0 Å². The number of amides is 1. The molecule has 0 saturated heterocycles. The van der Waals surface area contributed by atoms with Gasteiger partial charge in [0, 0.05) is 50.1 Å². The van der Waals surface area contributed by atoms with Crippen LogP contribution in [0.25, 0.3) is 11.3 Å². The molecule has 3 aromatic rings. The molecular formula is C20H19F2N7O2. The van der Waals surface area contributed by atoms with Crippen molar-refractivity contribution in [2.75, 3.05) is 10.6 Å². The average molecular weight is 427 g/mol. The highest BCUT2D eigenvalue weighted by molar-refractivity contribution is 5.89. The van der Waals surface area contributed by atoms with Crippen LogP contribution in [0.4, 0.5) is 26.1 Å². The van der Waals surface area contributed by atoms with Gasteiger partial charge in [0.2, 0.25) is 17.6 Å². The van der Waals surface area contributed by atoms with E-state index in [0.29, 0.717) is 16.9 Å². The predicted octanol–water partition coefficient (Wildman–Crippen LogP) is 3.68. The fraction of sp³-hybridized carbons (Fsp3) is 0.300. The van der Waals surface area contributed by atoms with Crippen LogP contribution in [0.15, 0.2) is 36.9 Å². The fourth-order valence-corrected chi connectivity index (χ4v) is 2.69. The Kier molecular flexibility index (Phi) is 5.40. The molecule has 0 unspecified atom stereocenters. The van der Waals surface area contributed by atoms with Crippen LogP contribution < -0.4 is 15.4 Å². The highest BCUT2D eigenvalue weighted by Crippen LogP contribution is 2.34. The second-order valence-corrected chi connectivity index (χ2v) is 7.13. The monoisotopic (exact) mass is 427 g/mol. The Morgan fingerprint density at radius 3 is 2.58 bits per heavy atom. The Labute approximate surface area is 176 Å². The van der Waals surface area contributed by atoms with Crippen LogP contribution in [0.3, 0.4) is 0 Å². The highest BCUT2D eigenvalue weighted by Gasteiger charge is 2.31. The quantitative estimate of drug-likeness (QED) is 0.587. The summed E-state index contributed by atoms with van der Waals surface area (Å²) in [5.41, 5.74) is 1.47. The van der Waals surface area contributed by atoms with Crippen molar-refractivity contribution >= 4 is 23.2 Å². The lowest BCUT2D eigenvalue weighted by molar-refractivity contribution is -0.114. The summed E-state index contributed by atoms with van der Waals surface area (Å²) in [6, 6.07) is 3.01. The summed E-state index contributed by atoms with van der Waals surface area (Å²) < 4.78 is 33.6. The SMILES string of the molecule is CC(=O)Nc1cc(Nc2cc(OC3CC3)nc(C(C)(F)F)n2)c(-c2cnccn2)cn1. The van der Waals surface area contributed by atoms with Gasteiger partial charge in [-0.1, -0.05) is 0 Å². The van der Waals surface area contributed by atoms with E-state index in [-0.39, 0.29) is 29.5 Å². The van der Waals surface area contributed by atoms with E-state index in [9.17, 15) is 13.6 Å². The first-order valence-electron chi connectivity index (χ1n) is 9.53. The molecule has 9 nitrogen and oxygen atoms in total. The normalized spacial score (nSPS) is 13.5. The van der Waals surface area contributed by atoms with Crippen molar-refractivity contribution in [2.24, 2.45) is 0 Å². The van der Waals surface area contributed by atoms with Gasteiger partial charge in [0.25, 0.3) is 0 Å². The smallest absolute Gasteiger partial charge is 0.304 e. The number of hydrogen-bond acceptors (Lipinski definition) is 8. The Balaban J connectivity index is 1.75. The van der Waals surface area contributed by atoms with Crippen molar-refractivity contribution in [3.05, 3.63) is 42.7 Å². The molecule has 1 fully saturated rings. The van der Waals surface area contributed by atoms with Crippen molar-refractivity contribution in [2.45, 2.75) is 38.7 Å². The van der Waals surface area contributed by atoms with Crippen LogP contribution in [0, 0.1) is 0 Å². The van der Waals surface area contributed by atoms with Crippen LogP contribution in [-0.2, 0) is 10.7 Å². The molecule has 3 aromatic heterocycles. The van der Waals surface area contributed by atoms with E-state index in [1.807, 2.05) is 0 Å². The summed E-state index contributed by atoms with van der Waals surface area (Å²) in [7, 11) is 0. The van der Waals surface area contributed by atoms with Gasteiger partial charge in [0.1, 0.15) is 17.7 Å².